The molecule has 0 heterocycles. The lowest BCUT2D eigenvalue weighted by molar-refractivity contribution is -0.120. The summed E-state index contributed by atoms with van der Waals surface area (Å²) < 4.78 is 10.2. The van der Waals surface area contributed by atoms with Gasteiger partial charge in [-0.2, -0.15) is 0 Å². The van der Waals surface area contributed by atoms with E-state index in [1.807, 2.05) is 0 Å². The van der Waals surface area contributed by atoms with Crippen LogP contribution in [0.1, 0.15) is 27.2 Å². The Morgan fingerprint density at radius 1 is 1.33 bits per heavy atom. The molecule has 0 saturated heterocycles. The van der Waals surface area contributed by atoms with E-state index in [1.165, 1.54) is 0 Å². The van der Waals surface area contributed by atoms with E-state index in [9.17, 15) is 9.59 Å². The van der Waals surface area contributed by atoms with Crippen LogP contribution in [0.5, 0.6) is 0 Å². The molecular formula is C12H22N4O4S. The maximum Gasteiger partial charge on any atom is 0.367 e. The first-order chi connectivity index (χ1) is 9.85. The Kier molecular flexibility index (Phi) is 10.5. The summed E-state index contributed by atoms with van der Waals surface area (Å²) in [5, 5.41) is 5.59. The van der Waals surface area contributed by atoms with Crippen molar-refractivity contribution in [2.24, 2.45) is 5.11 Å². The van der Waals surface area contributed by atoms with Crippen molar-refractivity contribution in [2.75, 3.05) is 32.1 Å². The van der Waals surface area contributed by atoms with Crippen LogP contribution in [-0.2, 0) is 14.3 Å². The summed E-state index contributed by atoms with van der Waals surface area (Å²) >= 11 is 0.985. The Hall–Kier alpha value is -1.44. The second kappa shape index (κ2) is 11.2. The molecule has 120 valence electrons. The van der Waals surface area contributed by atoms with Gasteiger partial charge in [-0.3, -0.25) is 4.79 Å². The van der Waals surface area contributed by atoms with E-state index in [0.717, 1.165) is 11.8 Å². The third kappa shape index (κ3) is 14.8. The summed E-state index contributed by atoms with van der Waals surface area (Å²) in [4.78, 5) is 25.4. The first kappa shape index (κ1) is 19.6. The van der Waals surface area contributed by atoms with Gasteiger partial charge < -0.3 is 14.8 Å². The third-order valence-electron chi connectivity index (χ3n) is 1.91. The lowest BCUT2D eigenvalue weighted by Gasteiger charge is -2.18. The van der Waals surface area contributed by atoms with Gasteiger partial charge in [0.2, 0.25) is 5.91 Å². The van der Waals surface area contributed by atoms with E-state index < -0.39 is 5.60 Å². The predicted octanol–water partition coefficient (Wildman–Crippen LogP) is 2.49. The van der Waals surface area contributed by atoms with Gasteiger partial charge in [-0.1, -0.05) is 5.11 Å². The largest absolute Gasteiger partial charge is 0.452 e. The summed E-state index contributed by atoms with van der Waals surface area (Å²) in [6.45, 7) is 6.71. The zero-order valence-corrected chi connectivity index (χ0v) is 13.4. The van der Waals surface area contributed by atoms with E-state index >= 15 is 0 Å². The second-order valence-corrected chi connectivity index (χ2v) is 6.01. The zero-order valence-electron chi connectivity index (χ0n) is 12.6. The van der Waals surface area contributed by atoms with Gasteiger partial charge in [-0.05, 0) is 38.1 Å². The highest BCUT2D eigenvalue weighted by molar-refractivity contribution is 8.13. The molecule has 0 saturated carbocycles. The Morgan fingerprint density at radius 2 is 2.05 bits per heavy atom. The molecule has 0 rings (SSSR count). The number of azide groups is 1. The Labute approximate surface area is 128 Å². The normalized spacial score (nSPS) is 10.6. The molecule has 0 bridgehead atoms. The fourth-order valence-electron chi connectivity index (χ4n) is 1.11. The number of nitrogens with zero attached hydrogens (tertiary/aromatic N) is 3. The minimum Gasteiger partial charge on any atom is -0.452 e. The maximum atomic E-state index is 11.4. The number of hydrogen-bond acceptors (Lipinski definition) is 6. The maximum absolute atomic E-state index is 11.4. The quantitative estimate of drug-likeness (QED) is 0.231. The zero-order chi connectivity index (χ0) is 16.1. The van der Waals surface area contributed by atoms with E-state index in [0.29, 0.717) is 25.5 Å². The number of thioether (sulfide) groups is 1. The Morgan fingerprint density at radius 3 is 2.67 bits per heavy atom. The van der Waals surface area contributed by atoms with E-state index in [4.69, 9.17) is 15.0 Å². The third-order valence-corrected chi connectivity index (χ3v) is 2.63. The van der Waals surface area contributed by atoms with Gasteiger partial charge >= 0.3 is 5.30 Å². The molecule has 0 unspecified atom stereocenters. The van der Waals surface area contributed by atoms with Crippen molar-refractivity contribution in [3.05, 3.63) is 10.4 Å². The smallest absolute Gasteiger partial charge is 0.367 e. The van der Waals surface area contributed by atoms with Crippen molar-refractivity contribution in [1.82, 2.24) is 5.32 Å². The minimum absolute atomic E-state index is 0.148. The fraction of sp³-hybridized carbons (Fsp3) is 0.833. The number of amides is 1. The highest BCUT2D eigenvalue weighted by Crippen LogP contribution is 2.15. The summed E-state index contributed by atoms with van der Waals surface area (Å²) in [5.41, 5.74) is 7.52. The van der Waals surface area contributed by atoms with Crippen LogP contribution in [0.2, 0.25) is 0 Å². The van der Waals surface area contributed by atoms with E-state index in [2.05, 4.69) is 15.3 Å². The van der Waals surface area contributed by atoms with Crippen LogP contribution < -0.4 is 5.32 Å². The highest BCUT2D eigenvalue weighted by atomic mass is 32.2. The molecule has 0 aliphatic heterocycles. The van der Waals surface area contributed by atoms with Gasteiger partial charge in [0.1, 0.15) is 5.60 Å². The molecule has 0 atom stereocenters. The molecule has 0 aromatic carbocycles. The molecule has 8 nitrogen and oxygen atoms in total. The van der Waals surface area contributed by atoms with Crippen molar-refractivity contribution in [3.8, 4) is 0 Å². The Bertz CT molecular complexity index is 378. The predicted molar refractivity (Wildman–Crippen MR) is 81.2 cm³/mol. The number of carbonyl (C=O) groups is 2. The van der Waals surface area contributed by atoms with E-state index in [1.54, 1.807) is 20.8 Å². The molecule has 1 amide bonds. The number of nitrogens with one attached hydrogen (secondary N) is 1. The van der Waals surface area contributed by atoms with Crippen LogP contribution in [-0.4, -0.2) is 48.9 Å². The van der Waals surface area contributed by atoms with Gasteiger partial charge in [0, 0.05) is 30.2 Å². The number of carbonyl (C=O) groups excluding carboxylic acids is 2. The summed E-state index contributed by atoms with van der Waals surface area (Å²) in [7, 11) is 0. The van der Waals surface area contributed by atoms with Crippen LogP contribution in [0.15, 0.2) is 5.11 Å². The van der Waals surface area contributed by atoms with Gasteiger partial charge in [0.05, 0.1) is 13.2 Å². The van der Waals surface area contributed by atoms with Crippen molar-refractivity contribution in [1.29, 1.82) is 0 Å². The van der Waals surface area contributed by atoms with Crippen LogP contribution in [0, 0.1) is 0 Å². The van der Waals surface area contributed by atoms with Crippen LogP contribution in [0.25, 0.3) is 10.4 Å². The van der Waals surface area contributed by atoms with Crippen molar-refractivity contribution < 1.29 is 19.1 Å². The van der Waals surface area contributed by atoms with Crippen molar-refractivity contribution >= 4 is 23.0 Å². The van der Waals surface area contributed by atoms with Gasteiger partial charge in [0.15, 0.2) is 0 Å². The first-order valence-corrected chi connectivity index (χ1v) is 7.55. The average molecular weight is 318 g/mol. The van der Waals surface area contributed by atoms with Crippen LogP contribution >= 0.6 is 11.8 Å². The molecule has 0 fully saturated rings. The van der Waals surface area contributed by atoms with Crippen LogP contribution in [0.4, 0.5) is 4.79 Å². The molecular weight excluding hydrogens is 296 g/mol. The standard InChI is InChI=1S/C12H22N4O4S/c1-12(2,3)20-11(18)21-9-4-10(17)14-5-7-19-8-6-15-16-13/h4-9H2,1-3H3,(H,14,17). The molecule has 0 radical (unpaired) electrons. The first-order valence-electron chi connectivity index (χ1n) is 6.56. The molecule has 21 heavy (non-hydrogen) atoms. The molecule has 0 spiro atoms. The molecule has 0 aliphatic carbocycles. The SMILES string of the molecule is CC(C)(C)OC(=O)SCCC(=O)NCCOCCN=[N+]=[N-]. The Balaban J connectivity index is 3.50. The van der Waals surface area contributed by atoms with E-state index in [-0.39, 0.29) is 24.2 Å². The molecule has 0 aromatic heterocycles. The molecule has 9 heteroatoms. The number of hydrogen-bond donors (Lipinski definition) is 1. The lowest BCUT2D eigenvalue weighted by Crippen LogP contribution is -2.28. The summed E-state index contributed by atoms with van der Waals surface area (Å²) in [6.07, 6.45) is 0.239. The monoisotopic (exact) mass is 318 g/mol. The van der Waals surface area contributed by atoms with Crippen molar-refractivity contribution in [2.45, 2.75) is 32.8 Å². The summed E-state index contributed by atoms with van der Waals surface area (Å²) in [5.74, 6) is 0.225. The van der Waals surface area contributed by atoms with Crippen LogP contribution in [0.3, 0.4) is 0 Å². The summed E-state index contributed by atoms with van der Waals surface area (Å²) in [6, 6.07) is 0. The molecule has 0 aromatic rings. The van der Waals surface area contributed by atoms with Gasteiger partial charge in [-0.25, -0.2) is 4.79 Å². The minimum atomic E-state index is -0.515. The average Bonchev–Trinajstić information content (AvgIpc) is 2.35. The van der Waals surface area contributed by atoms with Gasteiger partial charge in [0.25, 0.3) is 0 Å². The topological polar surface area (TPSA) is 113 Å². The van der Waals surface area contributed by atoms with Crippen molar-refractivity contribution in [3.63, 3.8) is 0 Å². The number of ether oxygens (including phenoxy) is 2. The number of rotatable bonds is 9. The second-order valence-electron chi connectivity index (χ2n) is 4.98. The molecule has 1 N–H and O–H groups in total. The molecule has 0 aliphatic rings. The lowest BCUT2D eigenvalue weighted by atomic mass is 10.2. The highest BCUT2D eigenvalue weighted by Gasteiger charge is 2.16. The van der Waals surface area contributed by atoms with Gasteiger partial charge in [-0.15, -0.1) is 0 Å². The fourth-order valence-corrected chi connectivity index (χ4v) is 1.87.